The third kappa shape index (κ3) is 1.50. The molecule has 0 unspecified atom stereocenters. The molecular weight excluding hydrogens is 244 g/mol. The summed E-state index contributed by atoms with van der Waals surface area (Å²) in [6.45, 7) is 6.20. The molecule has 1 aliphatic heterocycles. The average molecular weight is 264 g/mol. The second-order valence-corrected chi connectivity index (χ2v) is 6.65. The smallest absolute Gasteiger partial charge is 0.336 e. The molecule has 0 aromatic rings. The highest BCUT2D eigenvalue weighted by Gasteiger charge is 2.58. The molecule has 0 aromatic heterocycles. The van der Waals surface area contributed by atoms with Gasteiger partial charge in [-0.2, -0.15) is 0 Å². The predicted octanol–water partition coefficient (Wildman–Crippen LogP) is 1.53. The molecule has 4 atom stereocenters. The van der Waals surface area contributed by atoms with Crippen LogP contribution in [0.4, 0.5) is 0 Å². The average Bonchev–Trinajstić information content (AvgIpc) is 2.61. The molecule has 4 nitrogen and oxygen atoms in total. The second-order valence-electron chi connectivity index (χ2n) is 6.65. The Kier molecular flexibility index (Phi) is 2.51. The van der Waals surface area contributed by atoms with E-state index in [1.54, 1.807) is 6.08 Å². The van der Waals surface area contributed by atoms with E-state index in [-0.39, 0.29) is 11.3 Å². The molecule has 19 heavy (non-hydrogen) atoms. The maximum atomic E-state index is 11.8. The van der Waals surface area contributed by atoms with Gasteiger partial charge in [0.25, 0.3) is 0 Å². The van der Waals surface area contributed by atoms with Crippen molar-refractivity contribution in [2.45, 2.75) is 46.0 Å². The third-order valence-electron chi connectivity index (χ3n) is 5.24. The molecule has 0 radical (unpaired) electrons. The van der Waals surface area contributed by atoms with E-state index in [2.05, 4.69) is 13.8 Å². The summed E-state index contributed by atoms with van der Waals surface area (Å²) in [5, 5.41) is 20.5. The Bertz CT molecular complexity index is 502. The Labute approximate surface area is 112 Å². The van der Waals surface area contributed by atoms with Gasteiger partial charge < -0.3 is 14.9 Å². The first-order chi connectivity index (χ1) is 8.78. The highest BCUT2D eigenvalue weighted by atomic mass is 16.6. The first-order valence-corrected chi connectivity index (χ1v) is 6.78. The lowest BCUT2D eigenvalue weighted by atomic mass is 9.51. The summed E-state index contributed by atoms with van der Waals surface area (Å²) in [6, 6.07) is 0. The fourth-order valence-corrected chi connectivity index (χ4v) is 4.26. The number of ether oxygens (including phenoxy) is 1. The Hall–Kier alpha value is -1.13. The van der Waals surface area contributed by atoms with Gasteiger partial charge in [0, 0.05) is 16.6 Å². The van der Waals surface area contributed by atoms with Crippen molar-refractivity contribution in [1.29, 1.82) is 0 Å². The molecule has 0 fully saturated rings. The van der Waals surface area contributed by atoms with Gasteiger partial charge in [-0.1, -0.05) is 32.9 Å². The van der Waals surface area contributed by atoms with Gasteiger partial charge in [0.15, 0.2) is 0 Å². The highest BCUT2D eigenvalue weighted by Crippen LogP contribution is 2.59. The van der Waals surface area contributed by atoms with Crippen molar-refractivity contribution in [3.05, 3.63) is 23.3 Å². The maximum Gasteiger partial charge on any atom is 0.336 e. The van der Waals surface area contributed by atoms with E-state index in [4.69, 9.17) is 4.74 Å². The zero-order valence-corrected chi connectivity index (χ0v) is 11.5. The number of hydrogen-bond acceptors (Lipinski definition) is 4. The van der Waals surface area contributed by atoms with Crippen LogP contribution >= 0.6 is 0 Å². The summed E-state index contributed by atoms with van der Waals surface area (Å²) >= 11 is 0. The van der Waals surface area contributed by atoms with Crippen molar-refractivity contribution >= 4 is 5.97 Å². The quantitative estimate of drug-likeness (QED) is 0.514. The van der Waals surface area contributed by atoms with E-state index in [0.29, 0.717) is 17.6 Å². The molecule has 0 amide bonds. The summed E-state index contributed by atoms with van der Waals surface area (Å²) in [5.74, 6) is -0.246. The summed E-state index contributed by atoms with van der Waals surface area (Å²) in [4.78, 5) is 11.8. The minimum Gasteiger partial charge on any atom is -0.428 e. The van der Waals surface area contributed by atoms with Gasteiger partial charge in [-0.3, -0.25) is 0 Å². The monoisotopic (exact) mass is 264 g/mol. The molecule has 3 rings (SSSR count). The van der Waals surface area contributed by atoms with Gasteiger partial charge in [0.1, 0.15) is 0 Å². The lowest BCUT2D eigenvalue weighted by molar-refractivity contribution is -0.153. The number of hydrogen-bond donors (Lipinski definition) is 2. The molecule has 0 aromatic carbocycles. The van der Waals surface area contributed by atoms with Crippen LogP contribution in [0.5, 0.6) is 0 Å². The lowest BCUT2D eigenvalue weighted by Gasteiger charge is -2.53. The largest absolute Gasteiger partial charge is 0.428 e. The van der Waals surface area contributed by atoms with Crippen LogP contribution in [0.25, 0.3) is 0 Å². The molecule has 0 saturated heterocycles. The van der Waals surface area contributed by atoms with Gasteiger partial charge in [-0.25, -0.2) is 4.79 Å². The summed E-state index contributed by atoms with van der Waals surface area (Å²) in [6.07, 6.45) is 3.37. The van der Waals surface area contributed by atoms with Crippen LogP contribution in [0.2, 0.25) is 0 Å². The van der Waals surface area contributed by atoms with Crippen LogP contribution in [0.15, 0.2) is 23.3 Å². The molecule has 2 N–H and O–H groups in total. The summed E-state index contributed by atoms with van der Waals surface area (Å²) in [5.41, 5.74) is 0.463. The van der Waals surface area contributed by atoms with E-state index in [1.165, 1.54) is 0 Å². The van der Waals surface area contributed by atoms with E-state index in [9.17, 15) is 15.0 Å². The van der Waals surface area contributed by atoms with Crippen molar-refractivity contribution in [1.82, 2.24) is 0 Å². The normalized spacial score (nSPS) is 43.8. The predicted molar refractivity (Wildman–Crippen MR) is 68.9 cm³/mol. The standard InChI is InChI=1S/C15H20O4/c1-14(2)7-6-10(16)15(3)9(14)5-4-8-11(15)13(18)19-12(8)17/h6-7,9-10,13,16,18H,4-5H2,1-3H3/t9-,10-,13+,15+/m0/s1. The number of aliphatic hydroxyl groups excluding tert-OH is 2. The van der Waals surface area contributed by atoms with Gasteiger partial charge in [-0.15, -0.1) is 0 Å². The van der Waals surface area contributed by atoms with E-state index in [1.807, 2.05) is 13.0 Å². The Morgan fingerprint density at radius 1 is 1.32 bits per heavy atom. The minimum atomic E-state index is -1.20. The maximum absolute atomic E-state index is 11.8. The zero-order chi connectivity index (χ0) is 14.0. The first-order valence-electron chi connectivity index (χ1n) is 6.78. The fourth-order valence-electron chi connectivity index (χ4n) is 4.26. The molecule has 0 spiro atoms. The Balaban J connectivity index is 2.19. The molecular formula is C15H20O4. The van der Waals surface area contributed by atoms with E-state index >= 15 is 0 Å². The van der Waals surface area contributed by atoms with Gasteiger partial charge in [-0.05, 0) is 24.2 Å². The van der Waals surface area contributed by atoms with Crippen molar-refractivity contribution in [3.8, 4) is 0 Å². The Morgan fingerprint density at radius 2 is 2.00 bits per heavy atom. The fraction of sp³-hybridized carbons (Fsp3) is 0.667. The number of fused-ring (bicyclic) bond motifs is 2. The second kappa shape index (κ2) is 3.70. The molecule has 1 heterocycles. The van der Waals surface area contributed by atoms with Crippen LogP contribution in [-0.2, 0) is 9.53 Å². The molecule has 104 valence electrons. The number of allylic oxidation sites excluding steroid dienone is 1. The van der Waals surface area contributed by atoms with Gasteiger partial charge in [0.2, 0.25) is 6.29 Å². The summed E-state index contributed by atoms with van der Waals surface area (Å²) < 4.78 is 4.95. The molecule has 0 bridgehead atoms. The van der Waals surface area contributed by atoms with Crippen molar-refractivity contribution < 1.29 is 19.7 Å². The number of carbonyl (C=O) groups is 1. The van der Waals surface area contributed by atoms with Crippen LogP contribution in [0, 0.1) is 16.7 Å². The first kappa shape index (κ1) is 12.9. The SMILES string of the molecule is CC1(C)C=C[C@H](O)[C@]2(C)C3=C(CC[C@@H]12)C(=O)O[C@H]3O. The number of cyclic esters (lactones) is 1. The number of aliphatic hydroxyl groups is 2. The topological polar surface area (TPSA) is 66.8 Å². The summed E-state index contributed by atoms with van der Waals surface area (Å²) in [7, 11) is 0. The van der Waals surface area contributed by atoms with Crippen molar-refractivity contribution in [3.63, 3.8) is 0 Å². The van der Waals surface area contributed by atoms with Crippen LogP contribution in [0.1, 0.15) is 33.6 Å². The number of rotatable bonds is 0. The minimum absolute atomic E-state index is 0.0716. The van der Waals surface area contributed by atoms with Crippen LogP contribution < -0.4 is 0 Å². The van der Waals surface area contributed by atoms with E-state index < -0.39 is 23.8 Å². The molecule has 3 aliphatic rings. The van der Waals surface area contributed by atoms with Crippen molar-refractivity contribution in [2.75, 3.05) is 0 Å². The van der Waals surface area contributed by atoms with E-state index in [0.717, 1.165) is 6.42 Å². The highest BCUT2D eigenvalue weighted by molar-refractivity contribution is 5.92. The van der Waals surface area contributed by atoms with Crippen molar-refractivity contribution in [2.24, 2.45) is 16.7 Å². The number of carbonyl (C=O) groups excluding carboxylic acids is 1. The van der Waals surface area contributed by atoms with Crippen LogP contribution in [-0.4, -0.2) is 28.6 Å². The number of esters is 1. The Morgan fingerprint density at radius 3 is 2.68 bits per heavy atom. The molecule has 4 heteroatoms. The van der Waals surface area contributed by atoms with Gasteiger partial charge >= 0.3 is 5.97 Å². The molecule has 2 aliphatic carbocycles. The van der Waals surface area contributed by atoms with Crippen LogP contribution in [0.3, 0.4) is 0 Å². The zero-order valence-electron chi connectivity index (χ0n) is 11.5. The third-order valence-corrected chi connectivity index (χ3v) is 5.24. The molecule has 0 saturated carbocycles. The lowest BCUT2D eigenvalue weighted by Crippen LogP contribution is -2.52. The van der Waals surface area contributed by atoms with Gasteiger partial charge in [0.05, 0.1) is 6.10 Å².